The van der Waals surface area contributed by atoms with E-state index in [9.17, 15) is 0 Å². The summed E-state index contributed by atoms with van der Waals surface area (Å²) in [6, 6.07) is 14.1. The number of hydrogen-bond donors (Lipinski definition) is 0. The normalized spacial score (nSPS) is 12.7. The van der Waals surface area contributed by atoms with Gasteiger partial charge in [-0.3, -0.25) is 0 Å². The van der Waals surface area contributed by atoms with E-state index in [-0.39, 0.29) is 5.38 Å². The first kappa shape index (κ1) is 15.7. The second-order valence-electron chi connectivity index (χ2n) is 5.24. The summed E-state index contributed by atoms with van der Waals surface area (Å²) in [7, 11) is 0. The lowest BCUT2D eigenvalue weighted by molar-refractivity contribution is 0.860. The van der Waals surface area contributed by atoms with Crippen LogP contribution in [0.3, 0.4) is 0 Å². The third kappa shape index (κ3) is 3.91. The Hall–Kier alpha value is -0.690. The Morgan fingerprint density at radius 1 is 0.850 bits per heavy atom. The fraction of sp³-hybridized carbons (Fsp3) is 0.294. The number of alkyl halides is 1. The summed E-state index contributed by atoms with van der Waals surface area (Å²) in [5.41, 5.74) is 3.54. The highest BCUT2D eigenvalue weighted by Gasteiger charge is 2.10. The van der Waals surface area contributed by atoms with Crippen LogP contribution in [0.5, 0.6) is 0 Å². The summed E-state index contributed by atoms with van der Waals surface area (Å²) in [5, 5.41) is 1.08. The molecule has 0 aromatic heterocycles. The van der Waals surface area contributed by atoms with Gasteiger partial charge in [-0.05, 0) is 41.2 Å². The maximum Gasteiger partial charge on any atom is 0.0625 e. The Balaban J connectivity index is 2.10. The van der Waals surface area contributed by atoms with Crippen molar-refractivity contribution < 1.29 is 0 Å². The van der Waals surface area contributed by atoms with Crippen LogP contribution in [0.25, 0.3) is 0 Å². The van der Waals surface area contributed by atoms with Crippen molar-refractivity contribution in [2.45, 2.75) is 31.6 Å². The number of rotatable bonds is 4. The van der Waals surface area contributed by atoms with Crippen molar-refractivity contribution in [1.82, 2.24) is 0 Å². The van der Waals surface area contributed by atoms with Gasteiger partial charge in [0.2, 0.25) is 0 Å². The molecular weight excluding hydrogens is 311 g/mol. The minimum Gasteiger partial charge on any atom is -0.117 e. The quantitative estimate of drug-likeness (QED) is 0.552. The highest BCUT2D eigenvalue weighted by molar-refractivity contribution is 6.42. The van der Waals surface area contributed by atoms with Crippen molar-refractivity contribution >= 4 is 34.8 Å². The molecule has 2 aromatic rings. The third-order valence-electron chi connectivity index (χ3n) is 3.36. The van der Waals surface area contributed by atoms with Crippen LogP contribution < -0.4 is 0 Å². The molecule has 0 heterocycles. The van der Waals surface area contributed by atoms with E-state index >= 15 is 0 Å². The second kappa shape index (κ2) is 6.85. The number of benzene rings is 2. The summed E-state index contributed by atoms with van der Waals surface area (Å²) in [5.74, 6) is 0.535. The monoisotopic (exact) mass is 326 g/mol. The zero-order valence-corrected chi connectivity index (χ0v) is 13.8. The molecule has 0 saturated heterocycles. The highest BCUT2D eigenvalue weighted by atomic mass is 35.5. The van der Waals surface area contributed by atoms with Crippen molar-refractivity contribution in [3.05, 3.63) is 69.2 Å². The summed E-state index contributed by atoms with van der Waals surface area (Å²) in [6.07, 6.45) is 0.736. The van der Waals surface area contributed by atoms with E-state index in [1.165, 1.54) is 5.56 Å². The first-order chi connectivity index (χ1) is 9.47. The van der Waals surface area contributed by atoms with Gasteiger partial charge in [0, 0.05) is 0 Å². The molecule has 3 heteroatoms. The molecule has 0 aliphatic heterocycles. The van der Waals surface area contributed by atoms with Gasteiger partial charge in [0.05, 0.1) is 15.4 Å². The Labute approximate surface area is 135 Å². The van der Waals surface area contributed by atoms with Gasteiger partial charge in [-0.15, -0.1) is 11.6 Å². The SMILES string of the molecule is CC(C)c1ccc(C(Cl)Cc2ccc(Cl)c(Cl)c2)cc1. The lowest BCUT2D eigenvalue weighted by Gasteiger charge is -2.12. The average Bonchev–Trinajstić information content (AvgIpc) is 2.43. The van der Waals surface area contributed by atoms with E-state index in [2.05, 4.69) is 38.1 Å². The molecule has 0 amide bonds. The zero-order chi connectivity index (χ0) is 14.7. The molecule has 0 fully saturated rings. The van der Waals surface area contributed by atoms with Gasteiger partial charge >= 0.3 is 0 Å². The molecule has 0 N–H and O–H groups in total. The Kier molecular flexibility index (Phi) is 5.37. The Morgan fingerprint density at radius 2 is 1.45 bits per heavy atom. The lowest BCUT2D eigenvalue weighted by Crippen LogP contribution is -1.97. The van der Waals surface area contributed by atoms with Crippen molar-refractivity contribution in [2.24, 2.45) is 0 Å². The van der Waals surface area contributed by atoms with Crippen LogP contribution in [-0.2, 0) is 6.42 Å². The van der Waals surface area contributed by atoms with Crippen molar-refractivity contribution in [2.75, 3.05) is 0 Å². The molecule has 2 rings (SSSR count). The molecule has 2 aromatic carbocycles. The molecule has 0 aliphatic carbocycles. The van der Waals surface area contributed by atoms with Gasteiger partial charge in [0.1, 0.15) is 0 Å². The summed E-state index contributed by atoms with van der Waals surface area (Å²) in [6.45, 7) is 4.37. The molecule has 0 radical (unpaired) electrons. The molecule has 0 saturated carbocycles. The molecule has 106 valence electrons. The van der Waals surface area contributed by atoms with Gasteiger partial charge < -0.3 is 0 Å². The van der Waals surface area contributed by atoms with Crippen LogP contribution in [0.2, 0.25) is 10.0 Å². The second-order valence-corrected chi connectivity index (χ2v) is 6.58. The van der Waals surface area contributed by atoms with Gasteiger partial charge in [0.25, 0.3) is 0 Å². The van der Waals surface area contributed by atoms with Crippen LogP contribution in [0, 0.1) is 0 Å². The summed E-state index contributed by atoms with van der Waals surface area (Å²) < 4.78 is 0. The van der Waals surface area contributed by atoms with E-state index in [0.29, 0.717) is 16.0 Å². The van der Waals surface area contributed by atoms with E-state index in [4.69, 9.17) is 34.8 Å². The molecule has 0 spiro atoms. The maximum absolute atomic E-state index is 6.49. The van der Waals surface area contributed by atoms with E-state index in [0.717, 1.165) is 17.5 Å². The van der Waals surface area contributed by atoms with Crippen LogP contribution in [-0.4, -0.2) is 0 Å². The molecule has 0 aliphatic rings. The van der Waals surface area contributed by atoms with E-state index < -0.39 is 0 Å². The smallest absolute Gasteiger partial charge is 0.0625 e. The largest absolute Gasteiger partial charge is 0.117 e. The van der Waals surface area contributed by atoms with Crippen LogP contribution in [0.15, 0.2) is 42.5 Å². The predicted molar refractivity (Wildman–Crippen MR) is 89.3 cm³/mol. The average molecular weight is 328 g/mol. The van der Waals surface area contributed by atoms with E-state index in [1.54, 1.807) is 0 Å². The standard InChI is InChI=1S/C17H17Cl3/c1-11(2)13-4-6-14(7-5-13)16(19)9-12-3-8-15(18)17(20)10-12/h3-8,10-11,16H,9H2,1-2H3. The lowest BCUT2D eigenvalue weighted by atomic mass is 9.98. The van der Waals surface area contributed by atoms with Gasteiger partial charge in [-0.1, -0.05) is 67.4 Å². The number of halogens is 3. The molecular formula is C17H17Cl3. The minimum atomic E-state index is -0.0616. The molecule has 0 nitrogen and oxygen atoms in total. The van der Waals surface area contributed by atoms with Gasteiger partial charge in [-0.2, -0.15) is 0 Å². The first-order valence-corrected chi connectivity index (χ1v) is 7.84. The minimum absolute atomic E-state index is 0.0616. The Bertz CT molecular complexity index is 573. The first-order valence-electron chi connectivity index (χ1n) is 6.65. The third-order valence-corrected chi connectivity index (χ3v) is 4.51. The molecule has 0 bridgehead atoms. The van der Waals surface area contributed by atoms with Crippen molar-refractivity contribution in [3.63, 3.8) is 0 Å². The molecule has 1 unspecified atom stereocenters. The van der Waals surface area contributed by atoms with Crippen molar-refractivity contribution in [3.8, 4) is 0 Å². The zero-order valence-electron chi connectivity index (χ0n) is 11.5. The summed E-state index contributed by atoms with van der Waals surface area (Å²) >= 11 is 18.4. The topological polar surface area (TPSA) is 0 Å². The van der Waals surface area contributed by atoms with Crippen LogP contribution in [0.1, 0.15) is 41.8 Å². The Morgan fingerprint density at radius 3 is 2.00 bits per heavy atom. The predicted octanol–water partition coefficient (Wildman–Crippen LogP) is 6.64. The molecule has 1 atom stereocenters. The fourth-order valence-corrected chi connectivity index (χ4v) is 2.73. The summed E-state index contributed by atoms with van der Waals surface area (Å²) in [4.78, 5) is 0. The van der Waals surface area contributed by atoms with Crippen LogP contribution in [0.4, 0.5) is 0 Å². The van der Waals surface area contributed by atoms with Crippen molar-refractivity contribution in [1.29, 1.82) is 0 Å². The van der Waals surface area contributed by atoms with Gasteiger partial charge in [-0.25, -0.2) is 0 Å². The fourth-order valence-electron chi connectivity index (χ4n) is 2.08. The van der Waals surface area contributed by atoms with Crippen LogP contribution >= 0.6 is 34.8 Å². The highest BCUT2D eigenvalue weighted by Crippen LogP contribution is 2.29. The van der Waals surface area contributed by atoms with E-state index in [1.807, 2.05) is 18.2 Å². The maximum atomic E-state index is 6.49. The number of hydrogen-bond acceptors (Lipinski definition) is 0. The van der Waals surface area contributed by atoms with Gasteiger partial charge in [0.15, 0.2) is 0 Å². The molecule has 20 heavy (non-hydrogen) atoms.